The average Bonchev–Trinajstić information content (AvgIpc) is 2.70. The number of aryl methyl sites for hydroxylation is 1. The SMILES string of the molecule is Cc1ccsc1C=Cc1cc(C(F)(F)F)[nH]c(=O)n1. The number of nitrogens with zero attached hydrogens (tertiary/aromatic N) is 1. The van der Waals surface area contributed by atoms with E-state index < -0.39 is 17.6 Å². The monoisotopic (exact) mass is 286 g/mol. The molecule has 100 valence electrons. The van der Waals surface area contributed by atoms with Gasteiger partial charge in [-0.15, -0.1) is 11.3 Å². The molecular weight excluding hydrogens is 277 g/mol. The van der Waals surface area contributed by atoms with Crippen molar-refractivity contribution < 1.29 is 13.2 Å². The molecule has 0 unspecified atom stereocenters. The minimum atomic E-state index is -4.59. The minimum absolute atomic E-state index is 0.0242. The number of halogens is 3. The number of aromatic amines is 1. The van der Waals surface area contributed by atoms with E-state index in [-0.39, 0.29) is 5.69 Å². The molecule has 0 amide bonds. The van der Waals surface area contributed by atoms with E-state index in [1.807, 2.05) is 18.4 Å². The van der Waals surface area contributed by atoms with Gasteiger partial charge in [-0.05, 0) is 42.2 Å². The molecule has 7 heteroatoms. The third-order valence-corrected chi connectivity index (χ3v) is 3.36. The fourth-order valence-electron chi connectivity index (χ4n) is 1.43. The van der Waals surface area contributed by atoms with E-state index >= 15 is 0 Å². The summed E-state index contributed by atoms with van der Waals surface area (Å²) in [6.45, 7) is 1.89. The van der Waals surface area contributed by atoms with Gasteiger partial charge in [0.05, 0.1) is 5.69 Å². The Balaban J connectivity index is 2.36. The van der Waals surface area contributed by atoms with E-state index in [9.17, 15) is 18.0 Å². The van der Waals surface area contributed by atoms with E-state index in [1.165, 1.54) is 17.4 Å². The average molecular weight is 286 g/mol. The first-order valence-electron chi connectivity index (χ1n) is 5.27. The van der Waals surface area contributed by atoms with Gasteiger partial charge in [-0.3, -0.25) is 0 Å². The quantitative estimate of drug-likeness (QED) is 0.920. The molecule has 2 aromatic rings. The highest BCUT2D eigenvalue weighted by atomic mass is 32.1. The van der Waals surface area contributed by atoms with Crippen LogP contribution < -0.4 is 5.69 Å². The third kappa shape index (κ3) is 3.31. The summed E-state index contributed by atoms with van der Waals surface area (Å²) >= 11 is 1.46. The summed E-state index contributed by atoms with van der Waals surface area (Å²) in [5, 5.41) is 1.88. The summed E-state index contributed by atoms with van der Waals surface area (Å²) in [6, 6.07) is 2.71. The molecule has 2 rings (SSSR count). The van der Waals surface area contributed by atoms with Crippen LogP contribution in [0.1, 0.15) is 21.8 Å². The van der Waals surface area contributed by atoms with Crippen molar-refractivity contribution in [1.29, 1.82) is 0 Å². The molecule has 2 heterocycles. The molecule has 3 nitrogen and oxygen atoms in total. The zero-order chi connectivity index (χ0) is 14.0. The maximum atomic E-state index is 12.5. The van der Waals surface area contributed by atoms with Gasteiger partial charge in [-0.2, -0.15) is 18.2 Å². The zero-order valence-corrected chi connectivity index (χ0v) is 10.6. The van der Waals surface area contributed by atoms with E-state index in [4.69, 9.17) is 0 Å². The molecule has 0 saturated heterocycles. The molecule has 1 N–H and O–H groups in total. The summed E-state index contributed by atoms with van der Waals surface area (Å²) in [4.78, 5) is 17.2. The van der Waals surface area contributed by atoms with Crippen LogP contribution in [0.2, 0.25) is 0 Å². The number of hydrogen-bond acceptors (Lipinski definition) is 3. The molecule has 0 bridgehead atoms. The molecular formula is C12H9F3N2OS. The largest absolute Gasteiger partial charge is 0.431 e. The Morgan fingerprint density at radius 1 is 1.37 bits per heavy atom. The van der Waals surface area contributed by atoms with Gasteiger partial charge in [-0.1, -0.05) is 0 Å². The summed E-state index contributed by atoms with van der Waals surface area (Å²) < 4.78 is 37.5. The van der Waals surface area contributed by atoms with E-state index in [1.54, 1.807) is 11.1 Å². The van der Waals surface area contributed by atoms with Gasteiger partial charge >= 0.3 is 11.9 Å². The number of rotatable bonds is 2. The maximum absolute atomic E-state index is 12.5. The lowest BCUT2D eigenvalue weighted by molar-refractivity contribution is -0.141. The topological polar surface area (TPSA) is 45.8 Å². The van der Waals surface area contributed by atoms with Crippen molar-refractivity contribution in [2.75, 3.05) is 0 Å². The fourth-order valence-corrected chi connectivity index (χ4v) is 2.25. The van der Waals surface area contributed by atoms with E-state index in [0.29, 0.717) is 0 Å². The number of thiophene rings is 1. The molecule has 0 radical (unpaired) electrons. The number of H-pyrrole nitrogens is 1. The molecule has 0 fully saturated rings. The Hall–Kier alpha value is -1.89. The van der Waals surface area contributed by atoms with Gasteiger partial charge in [0.25, 0.3) is 0 Å². The molecule has 0 aliphatic rings. The predicted molar refractivity (Wildman–Crippen MR) is 67.8 cm³/mol. The Kier molecular flexibility index (Phi) is 3.57. The van der Waals surface area contributed by atoms with E-state index in [0.717, 1.165) is 16.5 Å². The first-order valence-corrected chi connectivity index (χ1v) is 6.15. The molecule has 19 heavy (non-hydrogen) atoms. The van der Waals surface area contributed by atoms with Crippen LogP contribution in [0.15, 0.2) is 22.3 Å². The fraction of sp³-hybridized carbons (Fsp3) is 0.167. The molecule has 0 atom stereocenters. The second kappa shape index (κ2) is 5.00. The number of alkyl halides is 3. The lowest BCUT2D eigenvalue weighted by atomic mass is 10.2. The van der Waals surface area contributed by atoms with Crippen molar-refractivity contribution in [3.63, 3.8) is 0 Å². The summed E-state index contributed by atoms with van der Waals surface area (Å²) in [6.07, 6.45) is -1.56. The van der Waals surface area contributed by atoms with Crippen molar-refractivity contribution in [2.24, 2.45) is 0 Å². The van der Waals surface area contributed by atoms with Gasteiger partial charge < -0.3 is 4.98 Å². The lowest BCUT2D eigenvalue weighted by Gasteiger charge is -2.05. The smallest absolute Gasteiger partial charge is 0.302 e. The summed E-state index contributed by atoms with van der Waals surface area (Å²) in [5.74, 6) is 0. The maximum Gasteiger partial charge on any atom is 0.431 e. The first-order chi connectivity index (χ1) is 8.86. The van der Waals surface area contributed by atoms with Crippen LogP contribution in [0.25, 0.3) is 12.2 Å². The Morgan fingerprint density at radius 2 is 2.11 bits per heavy atom. The minimum Gasteiger partial charge on any atom is -0.302 e. The van der Waals surface area contributed by atoms with Crippen molar-refractivity contribution in [3.05, 3.63) is 49.8 Å². The summed E-state index contributed by atoms with van der Waals surface area (Å²) in [7, 11) is 0. The molecule has 0 aliphatic carbocycles. The highest BCUT2D eigenvalue weighted by Crippen LogP contribution is 2.27. The van der Waals surface area contributed by atoms with Crippen molar-refractivity contribution in [2.45, 2.75) is 13.1 Å². The van der Waals surface area contributed by atoms with Crippen LogP contribution in [0.5, 0.6) is 0 Å². The van der Waals surface area contributed by atoms with Crippen LogP contribution in [0, 0.1) is 6.92 Å². The van der Waals surface area contributed by atoms with E-state index in [2.05, 4.69) is 4.98 Å². The molecule has 0 aliphatic heterocycles. The zero-order valence-electron chi connectivity index (χ0n) is 9.78. The molecule has 0 saturated carbocycles. The molecule has 0 spiro atoms. The van der Waals surface area contributed by atoms with Gasteiger partial charge in [0.2, 0.25) is 0 Å². The highest BCUT2D eigenvalue weighted by Gasteiger charge is 2.32. The van der Waals surface area contributed by atoms with Gasteiger partial charge in [0.15, 0.2) is 0 Å². The Labute approximate surface area is 110 Å². The third-order valence-electron chi connectivity index (χ3n) is 2.38. The predicted octanol–water partition coefficient (Wildman–Crippen LogP) is 3.33. The number of aromatic nitrogens is 2. The van der Waals surface area contributed by atoms with Crippen molar-refractivity contribution >= 4 is 23.5 Å². The highest BCUT2D eigenvalue weighted by molar-refractivity contribution is 7.11. The van der Waals surface area contributed by atoms with Gasteiger partial charge in [-0.25, -0.2) is 4.79 Å². The Morgan fingerprint density at radius 3 is 2.68 bits per heavy atom. The van der Waals surface area contributed by atoms with Gasteiger partial charge in [0.1, 0.15) is 5.69 Å². The first kappa shape index (κ1) is 13.5. The van der Waals surface area contributed by atoms with Crippen molar-refractivity contribution in [3.8, 4) is 0 Å². The normalized spacial score (nSPS) is 12.2. The van der Waals surface area contributed by atoms with Crippen LogP contribution in [-0.4, -0.2) is 9.97 Å². The molecule has 2 aromatic heterocycles. The van der Waals surface area contributed by atoms with Crippen LogP contribution in [-0.2, 0) is 6.18 Å². The standard InChI is InChI=1S/C12H9F3N2OS/c1-7-4-5-19-9(7)3-2-8-6-10(12(13,14)15)17-11(18)16-8/h2-6H,1H3,(H,16,17,18). The second-order valence-corrected chi connectivity index (χ2v) is 4.77. The number of hydrogen-bond donors (Lipinski definition) is 1. The van der Waals surface area contributed by atoms with Gasteiger partial charge in [0, 0.05) is 4.88 Å². The Bertz CT molecular complexity index is 670. The summed E-state index contributed by atoms with van der Waals surface area (Å²) in [5.41, 5.74) is -1.13. The van der Waals surface area contributed by atoms with Crippen LogP contribution in [0.4, 0.5) is 13.2 Å². The van der Waals surface area contributed by atoms with Crippen molar-refractivity contribution in [1.82, 2.24) is 9.97 Å². The second-order valence-electron chi connectivity index (χ2n) is 3.82. The lowest BCUT2D eigenvalue weighted by Crippen LogP contribution is -2.19. The number of nitrogens with one attached hydrogen (secondary N) is 1. The van der Waals surface area contributed by atoms with Crippen LogP contribution in [0.3, 0.4) is 0 Å². The molecule has 0 aromatic carbocycles. The van der Waals surface area contributed by atoms with Crippen LogP contribution >= 0.6 is 11.3 Å².